The molecule has 29 heavy (non-hydrogen) atoms. The number of hydrogen-bond acceptors (Lipinski definition) is 6. The van der Waals surface area contributed by atoms with E-state index in [0.717, 1.165) is 32.1 Å². The van der Waals surface area contributed by atoms with Crippen molar-refractivity contribution >= 4 is 17.8 Å². The predicted molar refractivity (Wildman–Crippen MR) is 107 cm³/mol. The van der Waals surface area contributed by atoms with E-state index in [9.17, 15) is 14.4 Å². The molecule has 1 fully saturated rings. The Morgan fingerprint density at radius 1 is 1.24 bits per heavy atom. The van der Waals surface area contributed by atoms with Gasteiger partial charge in [-0.1, -0.05) is 25.0 Å². The fourth-order valence-corrected chi connectivity index (χ4v) is 3.76. The van der Waals surface area contributed by atoms with Crippen LogP contribution >= 0.6 is 0 Å². The number of nitrogens with one attached hydrogen (secondary N) is 2. The molecule has 1 heterocycles. The highest BCUT2D eigenvalue weighted by Gasteiger charge is 2.38. The van der Waals surface area contributed by atoms with Crippen LogP contribution in [-0.2, 0) is 23.9 Å². The lowest BCUT2D eigenvalue weighted by atomic mass is 9.94. The maximum Gasteiger partial charge on any atom is 0.305 e. The Bertz CT molecular complexity index is 572. The van der Waals surface area contributed by atoms with Crippen molar-refractivity contribution in [2.75, 3.05) is 33.0 Å². The minimum Gasteiger partial charge on any atom is -0.463 e. The third-order valence-corrected chi connectivity index (χ3v) is 5.40. The maximum atomic E-state index is 13.0. The minimum absolute atomic E-state index is 0.0560. The number of aliphatic hydroxyl groups excluding tert-OH is 1. The summed E-state index contributed by atoms with van der Waals surface area (Å²) in [7, 11) is 0. The summed E-state index contributed by atoms with van der Waals surface area (Å²) < 4.78 is 10.6. The van der Waals surface area contributed by atoms with Crippen LogP contribution < -0.4 is 10.6 Å². The number of aliphatic hydroxyl groups is 1. The van der Waals surface area contributed by atoms with Gasteiger partial charge in [-0.05, 0) is 32.1 Å². The van der Waals surface area contributed by atoms with E-state index in [1.807, 2.05) is 12.2 Å². The number of carbonyl (C=O) groups is 3. The van der Waals surface area contributed by atoms with E-state index in [1.165, 1.54) is 0 Å². The highest BCUT2D eigenvalue weighted by molar-refractivity contribution is 5.86. The van der Waals surface area contributed by atoms with E-state index in [1.54, 1.807) is 0 Å². The first-order valence-electron chi connectivity index (χ1n) is 10.6. The number of esters is 1. The van der Waals surface area contributed by atoms with Crippen molar-refractivity contribution < 1.29 is 29.0 Å². The molecule has 0 bridgehead atoms. The van der Waals surface area contributed by atoms with E-state index in [-0.39, 0.29) is 44.0 Å². The van der Waals surface area contributed by atoms with E-state index < -0.39 is 11.5 Å². The average Bonchev–Trinajstić information content (AvgIpc) is 3.16. The Kier molecular flexibility index (Phi) is 10.1. The number of carbonyl (C=O) groups excluding carboxylic acids is 3. The van der Waals surface area contributed by atoms with Gasteiger partial charge in [0.15, 0.2) is 0 Å². The fourth-order valence-electron chi connectivity index (χ4n) is 3.76. The molecule has 0 radical (unpaired) electrons. The molecule has 8 heteroatoms. The van der Waals surface area contributed by atoms with Crippen LogP contribution in [0, 0.1) is 5.92 Å². The van der Waals surface area contributed by atoms with Crippen LogP contribution in [0.4, 0.5) is 0 Å². The zero-order valence-corrected chi connectivity index (χ0v) is 17.1. The van der Waals surface area contributed by atoms with Crippen LogP contribution in [0.15, 0.2) is 12.2 Å². The van der Waals surface area contributed by atoms with E-state index >= 15 is 0 Å². The molecule has 1 spiro atoms. The van der Waals surface area contributed by atoms with Crippen LogP contribution in [0.25, 0.3) is 0 Å². The summed E-state index contributed by atoms with van der Waals surface area (Å²) in [4.78, 5) is 37.2. The summed E-state index contributed by atoms with van der Waals surface area (Å²) in [5, 5.41) is 14.5. The second kappa shape index (κ2) is 12.6. The number of hydrogen-bond donors (Lipinski definition) is 3. The molecule has 1 aliphatic heterocycles. The topological polar surface area (TPSA) is 114 Å². The van der Waals surface area contributed by atoms with Crippen LogP contribution in [-0.4, -0.2) is 61.4 Å². The predicted octanol–water partition coefficient (Wildman–Crippen LogP) is 1.22. The van der Waals surface area contributed by atoms with Gasteiger partial charge >= 0.3 is 5.97 Å². The molecular formula is C21H34N2O6. The molecule has 1 aliphatic carbocycles. The molecule has 0 saturated heterocycles. The van der Waals surface area contributed by atoms with Gasteiger partial charge in [-0.15, -0.1) is 0 Å². The first-order valence-corrected chi connectivity index (χ1v) is 10.6. The SMILES string of the molecule is O=C(CC1CC=CCCCC(=O)OCC2(CCCC2)NC1=O)NCCOCCO. The largest absolute Gasteiger partial charge is 0.463 e. The lowest BCUT2D eigenvalue weighted by Crippen LogP contribution is -2.52. The Morgan fingerprint density at radius 3 is 2.79 bits per heavy atom. The third-order valence-electron chi connectivity index (χ3n) is 5.40. The Morgan fingerprint density at radius 2 is 2.03 bits per heavy atom. The Labute approximate surface area is 172 Å². The van der Waals surface area contributed by atoms with Crippen molar-refractivity contribution in [2.24, 2.45) is 5.92 Å². The zero-order valence-electron chi connectivity index (χ0n) is 17.1. The van der Waals surface area contributed by atoms with Gasteiger partial charge < -0.3 is 25.2 Å². The Balaban J connectivity index is 1.97. The van der Waals surface area contributed by atoms with Crippen molar-refractivity contribution in [3.05, 3.63) is 12.2 Å². The van der Waals surface area contributed by atoms with Gasteiger partial charge in [-0.3, -0.25) is 14.4 Å². The summed E-state index contributed by atoms with van der Waals surface area (Å²) in [6.07, 6.45) is 9.80. The van der Waals surface area contributed by atoms with Gasteiger partial charge in [0.05, 0.1) is 31.3 Å². The van der Waals surface area contributed by atoms with Gasteiger partial charge in [-0.25, -0.2) is 0 Å². The van der Waals surface area contributed by atoms with Crippen molar-refractivity contribution in [1.82, 2.24) is 10.6 Å². The normalized spacial score (nSPS) is 22.9. The van der Waals surface area contributed by atoms with Crippen LogP contribution in [0.3, 0.4) is 0 Å². The smallest absolute Gasteiger partial charge is 0.305 e. The molecule has 3 N–H and O–H groups in total. The summed E-state index contributed by atoms with van der Waals surface area (Å²) in [5.41, 5.74) is -0.516. The second-order valence-corrected chi connectivity index (χ2v) is 7.82. The van der Waals surface area contributed by atoms with E-state index in [2.05, 4.69) is 10.6 Å². The summed E-state index contributed by atoms with van der Waals surface area (Å²) in [5.74, 6) is -1.07. The molecule has 0 aromatic carbocycles. The molecule has 0 aromatic heterocycles. The average molecular weight is 411 g/mol. The van der Waals surface area contributed by atoms with Crippen molar-refractivity contribution in [3.8, 4) is 0 Å². The van der Waals surface area contributed by atoms with Gasteiger partial charge in [-0.2, -0.15) is 0 Å². The second-order valence-electron chi connectivity index (χ2n) is 7.82. The van der Waals surface area contributed by atoms with Crippen LogP contribution in [0.2, 0.25) is 0 Å². The summed E-state index contributed by atoms with van der Waals surface area (Å²) in [6.45, 7) is 1.03. The first kappa shape index (κ1) is 23.3. The molecule has 0 aromatic rings. The molecule has 1 unspecified atom stereocenters. The van der Waals surface area contributed by atoms with Crippen molar-refractivity contribution in [2.45, 2.75) is 63.3 Å². The number of cyclic esters (lactones) is 1. The molecule has 164 valence electrons. The molecule has 2 amide bonds. The summed E-state index contributed by atoms with van der Waals surface area (Å²) >= 11 is 0. The number of amides is 2. The minimum atomic E-state index is -0.516. The number of ether oxygens (including phenoxy) is 2. The summed E-state index contributed by atoms with van der Waals surface area (Å²) in [6, 6.07) is 0. The monoisotopic (exact) mass is 410 g/mol. The van der Waals surface area contributed by atoms with Gasteiger partial charge in [0.25, 0.3) is 0 Å². The fraction of sp³-hybridized carbons (Fsp3) is 0.762. The molecule has 1 atom stereocenters. The number of allylic oxidation sites excluding steroid dienone is 2. The van der Waals surface area contributed by atoms with Crippen LogP contribution in [0.1, 0.15) is 57.8 Å². The standard InChI is InChI=1S/C21H34N2O6/c24-12-14-28-13-11-22-18(25)15-17-7-3-1-2-4-8-19(26)29-16-21(23-20(17)27)9-5-6-10-21/h1,3,17,24H,2,4-16H2,(H,22,25)(H,23,27). The molecule has 1 saturated carbocycles. The van der Waals surface area contributed by atoms with Gasteiger partial charge in [0, 0.05) is 19.4 Å². The van der Waals surface area contributed by atoms with Gasteiger partial charge in [0.1, 0.15) is 6.61 Å². The first-order chi connectivity index (χ1) is 14.0. The van der Waals surface area contributed by atoms with E-state index in [4.69, 9.17) is 14.6 Å². The van der Waals surface area contributed by atoms with Gasteiger partial charge in [0.2, 0.25) is 11.8 Å². The highest BCUT2D eigenvalue weighted by Crippen LogP contribution is 2.31. The molecule has 8 nitrogen and oxygen atoms in total. The number of rotatable bonds is 7. The third kappa shape index (κ3) is 8.53. The van der Waals surface area contributed by atoms with Crippen LogP contribution in [0.5, 0.6) is 0 Å². The lowest BCUT2D eigenvalue weighted by molar-refractivity contribution is -0.147. The quantitative estimate of drug-likeness (QED) is 0.330. The zero-order chi connectivity index (χ0) is 21.0. The Hall–Kier alpha value is -1.93. The molecule has 2 aliphatic rings. The van der Waals surface area contributed by atoms with E-state index in [0.29, 0.717) is 32.4 Å². The van der Waals surface area contributed by atoms with Crippen molar-refractivity contribution in [1.29, 1.82) is 0 Å². The lowest BCUT2D eigenvalue weighted by Gasteiger charge is -2.31. The molecular weight excluding hydrogens is 376 g/mol. The maximum absolute atomic E-state index is 13.0. The molecule has 2 rings (SSSR count). The highest BCUT2D eigenvalue weighted by atomic mass is 16.5. The van der Waals surface area contributed by atoms with Crippen molar-refractivity contribution in [3.63, 3.8) is 0 Å².